The third-order valence-electron chi connectivity index (χ3n) is 2.54. The van der Waals surface area contributed by atoms with Gasteiger partial charge in [-0.25, -0.2) is 4.98 Å². The molecule has 3 aromatic rings. The van der Waals surface area contributed by atoms with Crippen molar-refractivity contribution in [3.63, 3.8) is 0 Å². The van der Waals surface area contributed by atoms with Crippen molar-refractivity contribution >= 4 is 22.9 Å². The molecule has 3 nitrogen and oxygen atoms in total. The number of halogens is 1. The lowest BCUT2D eigenvalue weighted by Crippen LogP contribution is -1.83. The number of benzene rings is 1. The molecule has 1 N–H and O–H groups in total. The fourth-order valence-electron chi connectivity index (χ4n) is 1.78. The molecular weight excluding hydrogens is 266 g/mol. The maximum atomic E-state index is 6.04. The van der Waals surface area contributed by atoms with Gasteiger partial charge in [0.25, 0.3) is 0 Å². The minimum Gasteiger partial charge on any atom is -0.258 e. The number of aryl methyl sites for hydroxylation is 1. The van der Waals surface area contributed by atoms with E-state index in [1.165, 1.54) is 0 Å². The molecule has 0 spiro atoms. The molecule has 2 aromatic heterocycles. The van der Waals surface area contributed by atoms with E-state index < -0.39 is 0 Å². The van der Waals surface area contributed by atoms with Gasteiger partial charge in [0.05, 0.1) is 4.88 Å². The first-order valence-corrected chi connectivity index (χ1v) is 6.72. The van der Waals surface area contributed by atoms with Gasteiger partial charge < -0.3 is 0 Å². The van der Waals surface area contributed by atoms with E-state index in [1.54, 1.807) is 11.3 Å². The molecule has 0 aliphatic heterocycles. The van der Waals surface area contributed by atoms with Crippen LogP contribution >= 0.6 is 22.9 Å². The van der Waals surface area contributed by atoms with Gasteiger partial charge in [0.2, 0.25) is 0 Å². The normalized spacial score (nSPS) is 10.8. The zero-order valence-corrected chi connectivity index (χ0v) is 11.2. The predicted molar refractivity (Wildman–Crippen MR) is 74.9 cm³/mol. The third kappa shape index (κ3) is 2.17. The average Bonchev–Trinajstić information content (AvgIpc) is 2.99. The zero-order valence-electron chi connectivity index (χ0n) is 9.64. The number of thiophene rings is 1. The van der Waals surface area contributed by atoms with Crippen LogP contribution < -0.4 is 0 Å². The highest BCUT2D eigenvalue weighted by atomic mass is 35.5. The van der Waals surface area contributed by atoms with Gasteiger partial charge in [0.15, 0.2) is 11.6 Å². The van der Waals surface area contributed by atoms with E-state index in [1.807, 2.05) is 42.6 Å². The van der Waals surface area contributed by atoms with Crippen LogP contribution in [0.3, 0.4) is 0 Å². The first-order chi connectivity index (χ1) is 8.72. The van der Waals surface area contributed by atoms with Crippen LogP contribution in [0.1, 0.15) is 5.56 Å². The largest absolute Gasteiger partial charge is 0.258 e. The molecule has 0 saturated carbocycles. The molecule has 0 atom stereocenters. The summed E-state index contributed by atoms with van der Waals surface area (Å²) >= 11 is 7.67. The quantitative estimate of drug-likeness (QED) is 0.763. The Kier molecular flexibility index (Phi) is 2.89. The highest BCUT2D eigenvalue weighted by Crippen LogP contribution is 2.25. The molecule has 0 saturated heterocycles. The Morgan fingerprint density at radius 3 is 2.89 bits per heavy atom. The summed E-state index contributed by atoms with van der Waals surface area (Å²) in [5.41, 5.74) is 2.03. The molecule has 0 amide bonds. The van der Waals surface area contributed by atoms with Crippen LogP contribution in [-0.4, -0.2) is 15.2 Å². The summed E-state index contributed by atoms with van der Waals surface area (Å²) in [4.78, 5) is 5.57. The molecular formula is C13H10ClN3S. The fraction of sp³-hybridized carbons (Fsp3) is 0.0769. The first-order valence-electron chi connectivity index (χ1n) is 5.46. The average molecular weight is 276 g/mol. The van der Waals surface area contributed by atoms with Crippen LogP contribution in [0.15, 0.2) is 35.7 Å². The van der Waals surface area contributed by atoms with Crippen molar-refractivity contribution in [3.8, 4) is 22.1 Å². The highest BCUT2D eigenvalue weighted by Gasteiger charge is 2.09. The number of aromatic nitrogens is 3. The molecule has 5 heteroatoms. The summed E-state index contributed by atoms with van der Waals surface area (Å²) in [6.07, 6.45) is 0. The van der Waals surface area contributed by atoms with Crippen LogP contribution in [0.25, 0.3) is 22.1 Å². The number of aromatic amines is 1. The monoisotopic (exact) mass is 275 g/mol. The SMILES string of the molecule is Cc1cc(Cl)cc(-c2n[nH]c(-c3cccs3)n2)c1. The minimum atomic E-state index is 0.670. The first kappa shape index (κ1) is 11.4. The molecule has 0 unspecified atom stereocenters. The lowest BCUT2D eigenvalue weighted by atomic mass is 10.1. The smallest absolute Gasteiger partial charge is 0.181 e. The summed E-state index contributed by atoms with van der Waals surface area (Å²) in [7, 11) is 0. The predicted octanol–water partition coefficient (Wildman–Crippen LogP) is 4.16. The van der Waals surface area contributed by atoms with Crippen LogP contribution in [0, 0.1) is 6.92 Å². The molecule has 18 heavy (non-hydrogen) atoms. The van der Waals surface area contributed by atoms with Crippen molar-refractivity contribution in [2.75, 3.05) is 0 Å². The Balaban J connectivity index is 2.03. The Hall–Kier alpha value is -1.65. The van der Waals surface area contributed by atoms with Crippen LogP contribution in [-0.2, 0) is 0 Å². The fourth-order valence-corrected chi connectivity index (χ4v) is 2.73. The zero-order chi connectivity index (χ0) is 12.5. The van der Waals surface area contributed by atoms with Gasteiger partial charge in [-0.15, -0.1) is 11.3 Å². The number of hydrogen-bond acceptors (Lipinski definition) is 3. The van der Waals surface area contributed by atoms with Gasteiger partial charge in [-0.3, -0.25) is 5.10 Å². The van der Waals surface area contributed by atoms with Crippen molar-refractivity contribution in [1.82, 2.24) is 15.2 Å². The number of rotatable bonds is 2. The van der Waals surface area contributed by atoms with Gasteiger partial charge in [-0.1, -0.05) is 17.7 Å². The van der Waals surface area contributed by atoms with Crippen molar-refractivity contribution in [2.24, 2.45) is 0 Å². The van der Waals surface area contributed by atoms with E-state index in [-0.39, 0.29) is 0 Å². The van der Waals surface area contributed by atoms with Crippen LogP contribution in [0.2, 0.25) is 5.02 Å². The van der Waals surface area contributed by atoms with Crippen molar-refractivity contribution in [1.29, 1.82) is 0 Å². The van der Waals surface area contributed by atoms with Crippen molar-refractivity contribution in [2.45, 2.75) is 6.92 Å². The maximum absolute atomic E-state index is 6.04. The molecule has 3 rings (SSSR count). The van der Waals surface area contributed by atoms with Crippen LogP contribution in [0.5, 0.6) is 0 Å². The molecule has 0 aliphatic rings. The van der Waals surface area contributed by atoms with Crippen molar-refractivity contribution in [3.05, 3.63) is 46.3 Å². The van der Waals surface area contributed by atoms with E-state index in [2.05, 4.69) is 15.2 Å². The summed E-state index contributed by atoms with van der Waals surface area (Å²) < 4.78 is 0. The molecule has 0 radical (unpaired) electrons. The Labute approximate surface area is 113 Å². The molecule has 0 bridgehead atoms. The second-order valence-electron chi connectivity index (χ2n) is 4.00. The van der Waals surface area contributed by atoms with Gasteiger partial charge in [-0.05, 0) is 42.1 Å². The summed E-state index contributed by atoms with van der Waals surface area (Å²) in [5, 5.41) is 9.90. The number of nitrogens with zero attached hydrogens (tertiary/aromatic N) is 2. The molecule has 1 aromatic carbocycles. The minimum absolute atomic E-state index is 0.670. The van der Waals surface area contributed by atoms with E-state index in [9.17, 15) is 0 Å². The van der Waals surface area contributed by atoms with E-state index in [0.29, 0.717) is 10.8 Å². The second kappa shape index (κ2) is 4.55. The van der Waals surface area contributed by atoms with E-state index in [4.69, 9.17) is 11.6 Å². The topological polar surface area (TPSA) is 41.6 Å². The molecule has 2 heterocycles. The Morgan fingerprint density at radius 2 is 2.17 bits per heavy atom. The second-order valence-corrected chi connectivity index (χ2v) is 5.39. The van der Waals surface area contributed by atoms with Gasteiger partial charge in [-0.2, -0.15) is 5.10 Å². The highest BCUT2D eigenvalue weighted by molar-refractivity contribution is 7.13. The summed E-state index contributed by atoms with van der Waals surface area (Å²) in [6.45, 7) is 2.00. The third-order valence-corrected chi connectivity index (χ3v) is 3.64. The lowest BCUT2D eigenvalue weighted by Gasteiger charge is -1.98. The lowest BCUT2D eigenvalue weighted by molar-refractivity contribution is 1.10. The number of hydrogen-bond donors (Lipinski definition) is 1. The molecule has 0 aliphatic carbocycles. The standard InChI is InChI=1S/C13H10ClN3S/c1-8-5-9(7-10(14)6-8)12-15-13(17-16-12)11-3-2-4-18-11/h2-7H,1H3,(H,15,16,17). The van der Waals surface area contributed by atoms with Gasteiger partial charge >= 0.3 is 0 Å². The van der Waals surface area contributed by atoms with E-state index in [0.717, 1.165) is 21.8 Å². The molecule has 0 fully saturated rings. The van der Waals surface area contributed by atoms with Gasteiger partial charge in [0, 0.05) is 10.6 Å². The number of H-pyrrole nitrogens is 1. The van der Waals surface area contributed by atoms with Gasteiger partial charge in [0.1, 0.15) is 0 Å². The van der Waals surface area contributed by atoms with Crippen LogP contribution in [0.4, 0.5) is 0 Å². The Bertz CT molecular complexity index is 653. The summed E-state index contributed by atoms with van der Waals surface area (Å²) in [6, 6.07) is 9.81. The number of nitrogens with one attached hydrogen (secondary N) is 1. The maximum Gasteiger partial charge on any atom is 0.181 e. The molecule has 90 valence electrons. The van der Waals surface area contributed by atoms with E-state index >= 15 is 0 Å². The Morgan fingerprint density at radius 1 is 1.28 bits per heavy atom. The van der Waals surface area contributed by atoms with Crippen molar-refractivity contribution < 1.29 is 0 Å². The summed E-state index contributed by atoms with van der Waals surface area (Å²) in [5.74, 6) is 1.46.